The predicted molar refractivity (Wildman–Crippen MR) is 227 cm³/mol. The largest absolute Gasteiger partial charge is 0.479 e. The quantitative estimate of drug-likeness (QED) is 0.0607. The van der Waals surface area contributed by atoms with Crippen molar-refractivity contribution in [3.63, 3.8) is 0 Å². The monoisotopic (exact) mass is 926 g/mol. The van der Waals surface area contributed by atoms with E-state index in [1.807, 2.05) is 20.8 Å². The second-order valence-corrected chi connectivity index (χ2v) is 22.1. The van der Waals surface area contributed by atoms with E-state index in [1.54, 1.807) is 19.9 Å². The van der Waals surface area contributed by atoms with E-state index in [4.69, 9.17) is 23.7 Å². The number of carbonyl (C=O) groups excluding carboxylic acids is 1. The van der Waals surface area contributed by atoms with Gasteiger partial charge in [-0.05, 0) is 92.8 Å². The molecule has 0 aromatic carbocycles. The van der Waals surface area contributed by atoms with Gasteiger partial charge in [-0.1, -0.05) is 59.3 Å². The van der Waals surface area contributed by atoms with Gasteiger partial charge in [0.05, 0.1) is 37.4 Å². The summed E-state index contributed by atoms with van der Waals surface area (Å²) in [4.78, 5) is 25.5. The minimum atomic E-state index is -2.02. The van der Waals surface area contributed by atoms with Gasteiger partial charge in [0.25, 0.3) is 0 Å². The summed E-state index contributed by atoms with van der Waals surface area (Å²) in [5.41, 5.74) is -3.01. The van der Waals surface area contributed by atoms with Crippen LogP contribution in [0.3, 0.4) is 0 Å². The van der Waals surface area contributed by atoms with Crippen LogP contribution in [0, 0.1) is 50.2 Å². The highest BCUT2D eigenvalue weighted by Crippen LogP contribution is 2.76. The molecule has 0 spiro atoms. The molecular formula is C47H74O18. The smallest absolute Gasteiger partial charge is 0.335 e. The van der Waals surface area contributed by atoms with Crippen LogP contribution < -0.4 is 0 Å². The molecule has 7 rings (SSSR count). The fraction of sp³-hybridized carbons (Fsp3) is 0.872. The van der Waals surface area contributed by atoms with Crippen molar-refractivity contribution in [2.45, 2.75) is 186 Å². The van der Waals surface area contributed by atoms with Gasteiger partial charge in [-0.2, -0.15) is 0 Å². The van der Waals surface area contributed by atoms with E-state index in [-0.39, 0.29) is 24.9 Å². The van der Waals surface area contributed by atoms with Crippen LogP contribution in [0.5, 0.6) is 0 Å². The van der Waals surface area contributed by atoms with Crippen LogP contribution in [0.1, 0.15) is 100 Å². The molecule has 2 saturated heterocycles. The summed E-state index contributed by atoms with van der Waals surface area (Å²) in [5, 5.41) is 121. The molecule has 18 heteroatoms. The molecule has 11 N–H and O–H groups in total. The molecule has 2 aliphatic heterocycles. The molecule has 5 aliphatic carbocycles. The number of carbonyl (C=O) groups is 2. The van der Waals surface area contributed by atoms with Crippen LogP contribution in [0.25, 0.3) is 0 Å². The molecule has 0 radical (unpaired) electrons. The maximum absolute atomic E-state index is 13.1. The Labute approximate surface area is 380 Å². The van der Waals surface area contributed by atoms with Crippen molar-refractivity contribution in [2.24, 2.45) is 50.2 Å². The molecular weight excluding hydrogens is 852 g/mol. The number of aliphatic carboxylic acids is 1. The van der Waals surface area contributed by atoms with Gasteiger partial charge in [-0.25, -0.2) is 9.59 Å². The number of hydrogen-bond acceptors (Lipinski definition) is 17. The third kappa shape index (κ3) is 7.50. The fourth-order valence-corrected chi connectivity index (χ4v) is 14.5. The minimum Gasteiger partial charge on any atom is -0.479 e. The lowest BCUT2D eigenvalue weighted by Crippen LogP contribution is -2.72. The maximum Gasteiger partial charge on any atom is 0.335 e. The van der Waals surface area contributed by atoms with Crippen molar-refractivity contribution >= 4 is 11.9 Å². The molecule has 0 aromatic heterocycles. The van der Waals surface area contributed by atoms with E-state index in [2.05, 4.69) is 26.8 Å². The molecule has 22 atom stereocenters. The number of hydrogen-bond donors (Lipinski definition) is 11. The van der Waals surface area contributed by atoms with Crippen molar-refractivity contribution in [3.8, 4) is 0 Å². The normalized spacial score (nSPS) is 51.9. The third-order valence-electron chi connectivity index (χ3n) is 18.7. The summed E-state index contributed by atoms with van der Waals surface area (Å²) < 4.78 is 29.3. The van der Waals surface area contributed by atoms with Crippen LogP contribution in [0.4, 0.5) is 0 Å². The second kappa shape index (κ2) is 17.7. The van der Waals surface area contributed by atoms with E-state index >= 15 is 0 Å². The average Bonchev–Trinajstić information content (AvgIpc) is 3.25. The Kier molecular flexibility index (Phi) is 13.8. The molecule has 0 amide bonds. The van der Waals surface area contributed by atoms with Gasteiger partial charge in [0.1, 0.15) is 54.9 Å². The zero-order chi connectivity index (χ0) is 48.1. The Hall–Kier alpha value is -2.14. The van der Waals surface area contributed by atoms with Gasteiger partial charge in [0, 0.05) is 16.4 Å². The number of aliphatic hydroxyl groups excluding tert-OH is 10. The van der Waals surface area contributed by atoms with Crippen molar-refractivity contribution in [1.29, 1.82) is 0 Å². The lowest BCUT2D eigenvalue weighted by atomic mass is 9.33. The van der Waals surface area contributed by atoms with Gasteiger partial charge in [0.2, 0.25) is 0 Å². The van der Waals surface area contributed by atoms with Crippen molar-refractivity contribution in [2.75, 3.05) is 19.8 Å². The standard InChI is InChI=1S/C47H74O18/c1-9-21(2)39(60)65-37-36(57)47(20-50)23(16-42(37,3)4)22-10-11-26-43(5)14-13-28(44(6,19-49)25(43)12-15-45(26,7)46(22,8)17-27(47)51)62-41-33(56)34(32(55)35(64-41)38(58)59)63-40-31(54)30(53)29(52)24(18-48)61-40/h9-10,23-37,40-41,48-57H,11-20H2,1-8H3,(H,58,59)/b21-9+/t23-,24+,25+,26+,27-,28-,29+,30-,31+,32-,33+,34-,35-,36-,37-,40-,41+,43-,44-,45+,46+,47-/m0/s1. The summed E-state index contributed by atoms with van der Waals surface area (Å²) in [6.07, 6.45) is -14.9. The van der Waals surface area contributed by atoms with Crippen LogP contribution in [0.15, 0.2) is 23.3 Å². The Bertz CT molecular complexity index is 1860. The van der Waals surface area contributed by atoms with Crippen LogP contribution >= 0.6 is 0 Å². The topological polar surface area (TPSA) is 303 Å². The van der Waals surface area contributed by atoms with Gasteiger partial charge in [-0.3, -0.25) is 0 Å². The summed E-state index contributed by atoms with van der Waals surface area (Å²) >= 11 is 0. The Balaban J connectivity index is 1.16. The lowest BCUT2D eigenvalue weighted by molar-refractivity contribution is -0.366. The van der Waals surface area contributed by atoms with Crippen LogP contribution in [-0.2, 0) is 33.3 Å². The number of allylic oxidation sites excluding steroid dienone is 3. The number of carboxylic acids is 1. The molecule has 0 bridgehead atoms. The number of rotatable bonds is 10. The highest BCUT2D eigenvalue weighted by Gasteiger charge is 2.73. The van der Waals surface area contributed by atoms with Gasteiger partial charge >= 0.3 is 11.9 Å². The van der Waals surface area contributed by atoms with Gasteiger partial charge in [0.15, 0.2) is 18.7 Å². The Morgan fingerprint density at radius 1 is 0.800 bits per heavy atom. The van der Waals surface area contributed by atoms with E-state index in [9.17, 15) is 65.8 Å². The molecule has 2 heterocycles. The highest BCUT2D eigenvalue weighted by molar-refractivity contribution is 5.87. The summed E-state index contributed by atoms with van der Waals surface area (Å²) in [7, 11) is 0. The Morgan fingerprint density at radius 3 is 2.06 bits per heavy atom. The zero-order valence-corrected chi connectivity index (χ0v) is 38.8. The predicted octanol–water partition coefficient (Wildman–Crippen LogP) is 0.284. The fourth-order valence-electron chi connectivity index (χ4n) is 14.5. The first-order valence-corrected chi connectivity index (χ1v) is 23.3. The SMILES string of the molecule is C/C=C(\C)C(=O)O[C@H]1[C@H](O)[C@]2(CO)[C@@H](O)C[C@]3(C)C(=CC[C@@H]4[C@@]5(C)CC[C@H](O[C@@H]6O[C@H](C(=O)O)[C@@H](O)[C@H](O[C@@H]7O[C@H](CO)[C@@H](O)[C@H](O)[C@H]7O)[C@H]6O)[C@@](C)(CO)[C@@H]5CC[C@]43C)[C@@H]2CC1(C)C. The van der Waals surface area contributed by atoms with Crippen molar-refractivity contribution in [1.82, 2.24) is 0 Å². The van der Waals surface area contributed by atoms with E-state index < -0.39 is 149 Å². The Morgan fingerprint density at radius 2 is 1.46 bits per heavy atom. The molecule has 370 valence electrons. The summed E-state index contributed by atoms with van der Waals surface area (Å²) in [5.74, 6) is -2.74. The molecule has 65 heavy (non-hydrogen) atoms. The van der Waals surface area contributed by atoms with Crippen molar-refractivity contribution < 1.29 is 89.4 Å². The minimum absolute atomic E-state index is 0.0292. The second-order valence-electron chi connectivity index (χ2n) is 22.1. The first kappa shape index (κ1) is 50.7. The van der Waals surface area contributed by atoms with Gasteiger partial charge < -0.3 is 79.9 Å². The van der Waals surface area contributed by atoms with E-state index in [0.717, 1.165) is 5.57 Å². The molecule has 7 aliphatic rings. The lowest BCUT2D eigenvalue weighted by Gasteiger charge is -2.72. The van der Waals surface area contributed by atoms with Crippen molar-refractivity contribution in [3.05, 3.63) is 23.3 Å². The summed E-state index contributed by atoms with van der Waals surface area (Å²) in [6.45, 7) is 14.2. The summed E-state index contributed by atoms with van der Waals surface area (Å²) in [6, 6.07) is 0. The first-order valence-electron chi connectivity index (χ1n) is 23.3. The third-order valence-corrected chi connectivity index (χ3v) is 18.7. The van der Waals surface area contributed by atoms with Gasteiger partial charge in [-0.15, -0.1) is 0 Å². The molecule has 4 saturated carbocycles. The number of ether oxygens (including phenoxy) is 5. The first-order chi connectivity index (χ1) is 30.3. The number of esters is 1. The number of aliphatic hydroxyl groups is 10. The van der Waals surface area contributed by atoms with Crippen LogP contribution in [-0.4, -0.2) is 174 Å². The van der Waals surface area contributed by atoms with E-state index in [1.165, 1.54) is 0 Å². The average molecular weight is 927 g/mol. The maximum atomic E-state index is 13.1. The van der Waals surface area contributed by atoms with E-state index in [0.29, 0.717) is 44.1 Å². The van der Waals surface area contributed by atoms with Crippen LogP contribution in [0.2, 0.25) is 0 Å². The molecule has 6 fully saturated rings. The number of fused-ring (bicyclic) bond motifs is 7. The molecule has 0 aromatic rings. The highest BCUT2D eigenvalue weighted by atomic mass is 16.7. The number of carboxylic acid groups (broad SMARTS) is 1. The molecule has 18 nitrogen and oxygen atoms in total. The molecule has 0 unspecified atom stereocenters. The zero-order valence-electron chi connectivity index (χ0n) is 38.8.